The lowest BCUT2D eigenvalue weighted by Crippen LogP contribution is -2.34. The lowest BCUT2D eigenvalue weighted by atomic mass is 10.3. The second-order valence-corrected chi connectivity index (χ2v) is 9.38. The van der Waals surface area contributed by atoms with Crippen molar-refractivity contribution >= 4 is 37.3 Å². The highest BCUT2D eigenvalue weighted by Gasteiger charge is 2.36. The molecule has 0 amide bonds. The molecule has 0 spiro atoms. The van der Waals surface area contributed by atoms with Crippen molar-refractivity contribution in [1.29, 1.82) is 0 Å². The average Bonchev–Trinajstić information content (AvgIpc) is 2.56. The van der Waals surface area contributed by atoms with Gasteiger partial charge in [-0.15, -0.1) is 0 Å². The van der Waals surface area contributed by atoms with E-state index in [4.69, 9.17) is 11.6 Å². The van der Waals surface area contributed by atoms with Crippen LogP contribution in [0.2, 0.25) is 5.02 Å². The van der Waals surface area contributed by atoms with Crippen molar-refractivity contribution < 1.29 is 30.5 Å². The predicted octanol–water partition coefficient (Wildman–Crippen LogP) is 2.54. The van der Waals surface area contributed by atoms with E-state index in [9.17, 15) is 35.7 Å². The Labute approximate surface area is 151 Å². The van der Waals surface area contributed by atoms with Crippen molar-refractivity contribution in [2.45, 2.75) is 9.79 Å². The van der Waals surface area contributed by atoms with Gasteiger partial charge in [0, 0.05) is 13.1 Å². The topological polar surface area (TPSA) is 115 Å². The maximum absolute atomic E-state index is 13.8. The van der Waals surface area contributed by atoms with Crippen LogP contribution in [0.4, 0.5) is 14.5 Å². The van der Waals surface area contributed by atoms with Crippen molar-refractivity contribution in [3.8, 4) is 0 Å². The summed E-state index contributed by atoms with van der Waals surface area (Å²) in [4.78, 5) is 7.95. The van der Waals surface area contributed by atoms with E-state index in [1.54, 1.807) is 0 Å². The minimum Gasteiger partial charge on any atom is -0.258 e. The molecule has 0 saturated carbocycles. The lowest BCUT2D eigenvalue weighted by molar-refractivity contribution is -0.384. The third-order valence-electron chi connectivity index (χ3n) is 3.26. The number of nitrogens with zero attached hydrogens (tertiary/aromatic N) is 2. The fourth-order valence-corrected chi connectivity index (χ4v) is 5.25. The van der Waals surface area contributed by atoms with Crippen LogP contribution >= 0.6 is 11.6 Å². The Bertz CT molecular complexity index is 1110. The van der Waals surface area contributed by atoms with Crippen LogP contribution in [-0.2, 0) is 20.0 Å². The van der Waals surface area contributed by atoms with Gasteiger partial charge >= 0.3 is 0 Å². The van der Waals surface area contributed by atoms with Crippen molar-refractivity contribution in [3.05, 3.63) is 63.2 Å². The molecule has 13 heteroatoms. The highest BCUT2D eigenvalue weighted by atomic mass is 35.5. The van der Waals surface area contributed by atoms with Gasteiger partial charge in [0.05, 0.1) is 9.82 Å². The first-order valence-electron chi connectivity index (χ1n) is 6.52. The summed E-state index contributed by atoms with van der Waals surface area (Å²) < 4.78 is 76.6. The molecule has 0 aliphatic rings. The molecule has 2 rings (SSSR count). The zero-order valence-corrected chi connectivity index (χ0v) is 15.1. The molecule has 2 aromatic rings. The van der Waals surface area contributed by atoms with Crippen LogP contribution in [0.5, 0.6) is 0 Å². The van der Waals surface area contributed by atoms with Crippen LogP contribution in [0.1, 0.15) is 0 Å². The van der Waals surface area contributed by atoms with Gasteiger partial charge in [-0.1, -0.05) is 15.3 Å². The summed E-state index contributed by atoms with van der Waals surface area (Å²) >= 11 is 5.59. The fourth-order valence-electron chi connectivity index (χ4n) is 1.88. The van der Waals surface area contributed by atoms with Crippen LogP contribution in [-0.4, -0.2) is 32.5 Å². The molecule has 140 valence electrons. The van der Waals surface area contributed by atoms with E-state index >= 15 is 0 Å². The smallest absolute Gasteiger partial charge is 0.258 e. The monoisotopic (exact) mass is 426 g/mol. The number of nitro groups is 1. The molecule has 0 aliphatic carbocycles. The minimum atomic E-state index is -5.01. The molecule has 0 N–H and O–H groups in total. The van der Waals surface area contributed by atoms with E-state index in [2.05, 4.69) is 0 Å². The number of rotatable bonds is 5. The Kier molecular flexibility index (Phi) is 5.33. The molecule has 8 nitrogen and oxygen atoms in total. The van der Waals surface area contributed by atoms with Gasteiger partial charge in [-0.2, -0.15) is 0 Å². The number of halogens is 3. The van der Waals surface area contributed by atoms with Crippen LogP contribution in [0.3, 0.4) is 0 Å². The van der Waals surface area contributed by atoms with E-state index in [-0.39, 0.29) is 8.73 Å². The van der Waals surface area contributed by atoms with Crippen LogP contribution in [0.15, 0.2) is 46.2 Å². The Morgan fingerprint density at radius 3 is 2.23 bits per heavy atom. The highest BCUT2D eigenvalue weighted by molar-refractivity contribution is 8.04. The van der Waals surface area contributed by atoms with E-state index < -0.39 is 52.1 Å². The largest absolute Gasteiger partial charge is 0.289 e. The molecule has 0 radical (unpaired) electrons. The van der Waals surface area contributed by atoms with Gasteiger partial charge in [-0.3, -0.25) is 10.1 Å². The number of sulfonamides is 2. The first-order valence-corrected chi connectivity index (χ1v) is 9.78. The molecule has 0 unspecified atom stereocenters. The Morgan fingerprint density at radius 1 is 1.04 bits per heavy atom. The second kappa shape index (κ2) is 6.87. The summed E-state index contributed by atoms with van der Waals surface area (Å²) in [5.41, 5.74) is -0.768. The van der Waals surface area contributed by atoms with Gasteiger partial charge in [-0.05, 0) is 30.3 Å². The van der Waals surface area contributed by atoms with Gasteiger partial charge in [0.15, 0.2) is 0 Å². The first kappa shape index (κ1) is 20.2. The molecule has 0 aromatic heterocycles. The molecule has 0 aliphatic heterocycles. The summed E-state index contributed by atoms with van der Waals surface area (Å²) in [6.45, 7) is 0. The Hall–Kier alpha value is -2.15. The zero-order valence-electron chi connectivity index (χ0n) is 12.8. The molecular formula is C13H9ClF2N2O6S2. The average molecular weight is 427 g/mol. The summed E-state index contributed by atoms with van der Waals surface area (Å²) in [6, 6.07) is 3.81. The zero-order chi connectivity index (χ0) is 19.9. The minimum absolute atomic E-state index is 0.204. The van der Waals surface area contributed by atoms with Gasteiger partial charge < -0.3 is 0 Å². The molecule has 0 heterocycles. The fraction of sp³-hybridized carbons (Fsp3) is 0.0769. The number of hydrogen-bond acceptors (Lipinski definition) is 6. The normalized spacial score (nSPS) is 12.3. The third kappa shape index (κ3) is 3.53. The van der Waals surface area contributed by atoms with Gasteiger partial charge in [0.2, 0.25) is 0 Å². The summed E-state index contributed by atoms with van der Waals surface area (Å²) in [5, 5.41) is 10.5. The summed E-state index contributed by atoms with van der Waals surface area (Å²) in [6.07, 6.45) is 0. The van der Waals surface area contributed by atoms with Gasteiger partial charge in [0.1, 0.15) is 21.6 Å². The van der Waals surface area contributed by atoms with Gasteiger partial charge in [0.25, 0.3) is 25.7 Å². The van der Waals surface area contributed by atoms with E-state index in [0.29, 0.717) is 31.3 Å². The summed E-state index contributed by atoms with van der Waals surface area (Å²) in [7, 11) is -9.28. The molecule has 0 fully saturated rings. The Morgan fingerprint density at radius 2 is 1.65 bits per heavy atom. The molecule has 0 bridgehead atoms. The lowest BCUT2D eigenvalue weighted by Gasteiger charge is -2.18. The van der Waals surface area contributed by atoms with Crippen LogP contribution in [0, 0.1) is 21.7 Å². The van der Waals surface area contributed by atoms with Crippen LogP contribution < -0.4 is 0 Å². The third-order valence-corrected chi connectivity index (χ3v) is 7.83. The Balaban J connectivity index is 2.61. The van der Waals surface area contributed by atoms with Crippen molar-refractivity contribution in [2.24, 2.45) is 0 Å². The van der Waals surface area contributed by atoms with E-state index in [1.807, 2.05) is 0 Å². The second-order valence-electron chi connectivity index (χ2n) is 4.83. The molecule has 26 heavy (non-hydrogen) atoms. The van der Waals surface area contributed by atoms with Gasteiger partial charge in [-0.25, -0.2) is 25.6 Å². The number of hydrogen-bond donors (Lipinski definition) is 0. The number of nitro benzene ring substituents is 1. The molecular weight excluding hydrogens is 418 g/mol. The van der Waals surface area contributed by atoms with Crippen molar-refractivity contribution in [1.82, 2.24) is 3.71 Å². The predicted molar refractivity (Wildman–Crippen MR) is 86.6 cm³/mol. The van der Waals surface area contributed by atoms with E-state index in [0.717, 1.165) is 12.1 Å². The SMILES string of the molecule is CN(S(=O)(=O)c1ccc(Cl)c([N+](=O)[O-])c1)S(=O)(=O)c1cc(F)ccc1F. The molecule has 2 aromatic carbocycles. The molecule has 0 saturated heterocycles. The first-order chi connectivity index (χ1) is 11.9. The number of benzene rings is 2. The van der Waals surface area contributed by atoms with Crippen LogP contribution in [0.25, 0.3) is 0 Å². The molecule has 0 atom stereocenters. The standard InChI is InChI=1S/C13H9ClF2N2O6S2/c1-17(26(23,24)13-6-8(15)2-5-11(13)16)25(21,22)9-3-4-10(14)12(7-9)18(19)20/h2-7H,1H3. The van der Waals surface area contributed by atoms with E-state index in [1.165, 1.54) is 0 Å². The van der Waals surface area contributed by atoms with Crippen molar-refractivity contribution in [3.63, 3.8) is 0 Å². The maximum Gasteiger partial charge on any atom is 0.289 e. The quantitative estimate of drug-likeness (QED) is 0.536. The maximum atomic E-state index is 13.8. The van der Waals surface area contributed by atoms with Crippen molar-refractivity contribution in [2.75, 3.05) is 7.05 Å². The highest BCUT2D eigenvalue weighted by Crippen LogP contribution is 2.30. The summed E-state index contributed by atoms with van der Waals surface area (Å²) in [5.74, 6) is -2.46.